The molecule has 2 heterocycles. The summed E-state index contributed by atoms with van der Waals surface area (Å²) < 4.78 is 5.13. The van der Waals surface area contributed by atoms with Crippen LogP contribution in [0.5, 0.6) is 0 Å². The first kappa shape index (κ1) is 11.4. The molecule has 0 aliphatic heterocycles. The molecular formula is C11H15N5O. The summed E-state index contributed by atoms with van der Waals surface area (Å²) in [5.74, 6) is 1.83. The van der Waals surface area contributed by atoms with Crippen LogP contribution in [0.3, 0.4) is 0 Å². The average molecular weight is 233 g/mol. The Labute approximate surface area is 99.2 Å². The zero-order valence-electron chi connectivity index (χ0n) is 10.1. The first-order chi connectivity index (χ1) is 8.08. The van der Waals surface area contributed by atoms with Crippen LogP contribution in [0.1, 0.15) is 30.0 Å². The molecule has 90 valence electrons. The van der Waals surface area contributed by atoms with Gasteiger partial charge >= 0.3 is 0 Å². The van der Waals surface area contributed by atoms with Crippen LogP contribution in [0.2, 0.25) is 0 Å². The molecule has 0 saturated carbocycles. The number of rotatable bonds is 3. The van der Waals surface area contributed by atoms with Crippen molar-refractivity contribution >= 4 is 11.6 Å². The van der Waals surface area contributed by atoms with Crippen LogP contribution >= 0.6 is 0 Å². The molecule has 0 radical (unpaired) electrons. The van der Waals surface area contributed by atoms with Crippen LogP contribution in [0, 0.1) is 13.8 Å². The number of nitrogens with zero attached hydrogens (tertiary/aromatic N) is 3. The topological polar surface area (TPSA) is 89.9 Å². The van der Waals surface area contributed by atoms with Crippen molar-refractivity contribution in [2.45, 2.75) is 26.8 Å². The lowest BCUT2D eigenvalue weighted by Crippen LogP contribution is -2.10. The Morgan fingerprint density at radius 2 is 2.12 bits per heavy atom. The van der Waals surface area contributed by atoms with Gasteiger partial charge < -0.3 is 15.6 Å². The highest BCUT2D eigenvalue weighted by Crippen LogP contribution is 2.23. The molecule has 0 saturated heterocycles. The third kappa shape index (κ3) is 2.35. The van der Waals surface area contributed by atoms with E-state index in [1.54, 1.807) is 6.20 Å². The summed E-state index contributed by atoms with van der Waals surface area (Å²) in [7, 11) is 0. The lowest BCUT2D eigenvalue weighted by atomic mass is 10.1. The highest BCUT2D eigenvalue weighted by molar-refractivity contribution is 5.41. The van der Waals surface area contributed by atoms with Gasteiger partial charge in [0.1, 0.15) is 17.4 Å². The number of anilines is 2. The smallest absolute Gasteiger partial charge is 0.147 e. The molecule has 6 heteroatoms. The Bertz CT molecular complexity index is 503. The molecule has 0 aliphatic carbocycles. The van der Waals surface area contributed by atoms with Crippen molar-refractivity contribution in [3.8, 4) is 0 Å². The number of nitrogen functional groups attached to an aromatic ring is 1. The third-order valence-corrected chi connectivity index (χ3v) is 2.54. The summed E-state index contributed by atoms with van der Waals surface area (Å²) in [5, 5.41) is 7.13. The largest absolute Gasteiger partial charge is 0.382 e. The molecule has 0 aromatic carbocycles. The quantitative estimate of drug-likeness (QED) is 0.840. The van der Waals surface area contributed by atoms with Gasteiger partial charge in [-0.25, -0.2) is 4.98 Å². The summed E-state index contributed by atoms with van der Waals surface area (Å²) in [5.41, 5.74) is 7.48. The van der Waals surface area contributed by atoms with E-state index in [0.29, 0.717) is 11.6 Å². The zero-order chi connectivity index (χ0) is 12.4. The molecule has 0 bridgehead atoms. The molecule has 0 spiro atoms. The van der Waals surface area contributed by atoms with Crippen LogP contribution in [-0.2, 0) is 0 Å². The second-order valence-electron chi connectivity index (χ2n) is 3.93. The predicted molar refractivity (Wildman–Crippen MR) is 64.5 cm³/mol. The summed E-state index contributed by atoms with van der Waals surface area (Å²) >= 11 is 0. The fourth-order valence-corrected chi connectivity index (χ4v) is 1.85. The van der Waals surface area contributed by atoms with Crippen molar-refractivity contribution in [2.24, 2.45) is 0 Å². The molecule has 2 aromatic heterocycles. The summed E-state index contributed by atoms with van der Waals surface area (Å²) in [6, 6.07) is 0.0392. The van der Waals surface area contributed by atoms with E-state index in [4.69, 9.17) is 10.3 Å². The van der Waals surface area contributed by atoms with Crippen molar-refractivity contribution in [1.29, 1.82) is 0 Å². The Kier molecular flexibility index (Phi) is 2.95. The van der Waals surface area contributed by atoms with Crippen LogP contribution in [0.15, 0.2) is 16.9 Å². The number of nitrogens with two attached hydrogens (primary N) is 1. The number of aryl methyl sites for hydroxylation is 2. The molecule has 2 rings (SSSR count). The maximum atomic E-state index is 5.57. The van der Waals surface area contributed by atoms with Crippen molar-refractivity contribution in [3.63, 3.8) is 0 Å². The van der Waals surface area contributed by atoms with Gasteiger partial charge in [-0.05, 0) is 20.8 Å². The molecule has 0 aliphatic rings. The van der Waals surface area contributed by atoms with Gasteiger partial charge in [0.05, 0.1) is 24.1 Å². The summed E-state index contributed by atoms with van der Waals surface area (Å²) in [6.07, 6.45) is 3.14. The van der Waals surface area contributed by atoms with Gasteiger partial charge in [0.2, 0.25) is 0 Å². The lowest BCUT2D eigenvalue weighted by Gasteiger charge is -2.14. The van der Waals surface area contributed by atoms with E-state index in [1.807, 2.05) is 20.8 Å². The molecule has 2 aromatic rings. The van der Waals surface area contributed by atoms with E-state index in [-0.39, 0.29) is 6.04 Å². The molecule has 1 atom stereocenters. The predicted octanol–water partition coefficient (Wildman–Crippen LogP) is 1.84. The van der Waals surface area contributed by atoms with Gasteiger partial charge in [-0.2, -0.15) is 0 Å². The highest BCUT2D eigenvalue weighted by atomic mass is 16.5. The van der Waals surface area contributed by atoms with E-state index >= 15 is 0 Å². The van der Waals surface area contributed by atoms with Gasteiger partial charge in [0.25, 0.3) is 0 Å². The number of nitrogens with one attached hydrogen (secondary N) is 1. The van der Waals surface area contributed by atoms with Crippen LogP contribution in [0.4, 0.5) is 11.6 Å². The maximum Gasteiger partial charge on any atom is 0.147 e. The first-order valence-corrected chi connectivity index (χ1v) is 5.34. The van der Waals surface area contributed by atoms with Crippen molar-refractivity contribution < 1.29 is 4.52 Å². The van der Waals surface area contributed by atoms with Crippen molar-refractivity contribution in [3.05, 3.63) is 29.4 Å². The maximum absolute atomic E-state index is 5.57. The number of hydrogen-bond donors (Lipinski definition) is 2. The summed E-state index contributed by atoms with van der Waals surface area (Å²) in [6.45, 7) is 5.81. The number of hydrogen-bond acceptors (Lipinski definition) is 6. The normalized spacial score (nSPS) is 12.4. The van der Waals surface area contributed by atoms with Crippen molar-refractivity contribution in [1.82, 2.24) is 15.1 Å². The van der Waals surface area contributed by atoms with Crippen LogP contribution in [0.25, 0.3) is 0 Å². The standard InChI is InChI=1S/C11H15N5O/c1-6(11-7(2)16-17-8(11)3)14-10-5-13-4-9(12)15-10/h4-6H,1-3H3,(H3,12,14,15). The minimum atomic E-state index is 0.0392. The second kappa shape index (κ2) is 4.40. The monoisotopic (exact) mass is 233 g/mol. The van der Waals surface area contributed by atoms with Crippen LogP contribution < -0.4 is 11.1 Å². The molecule has 0 amide bonds. The van der Waals surface area contributed by atoms with Gasteiger partial charge in [-0.1, -0.05) is 5.16 Å². The Balaban J connectivity index is 2.20. The van der Waals surface area contributed by atoms with Crippen LogP contribution in [-0.4, -0.2) is 15.1 Å². The minimum Gasteiger partial charge on any atom is -0.382 e. The Morgan fingerprint density at radius 1 is 1.35 bits per heavy atom. The number of aromatic nitrogens is 3. The molecule has 1 unspecified atom stereocenters. The average Bonchev–Trinajstić information content (AvgIpc) is 2.58. The Morgan fingerprint density at radius 3 is 2.71 bits per heavy atom. The van der Waals surface area contributed by atoms with E-state index in [0.717, 1.165) is 17.0 Å². The van der Waals surface area contributed by atoms with E-state index < -0.39 is 0 Å². The van der Waals surface area contributed by atoms with Gasteiger partial charge in [0.15, 0.2) is 0 Å². The molecule has 17 heavy (non-hydrogen) atoms. The van der Waals surface area contributed by atoms with Crippen molar-refractivity contribution in [2.75, 3.05) is 11.1 Å². The van der Waals surface area contributed by atoms with E-state index in [2.05, 4.69) is 20.4 Å². The molecular weight excluding hydrogens is 218 g/mol. The second-order valence-corrected chi connectivity index (χ2v) is 3.93. The molecule has 6 nitrogen and oxygen atoms in total. The fourth-order valence-electron chi connectivity index (χ4n) is 1.85. The van der Waals surface area contributed by atoms with E-state index in [1.165, 1.54) is 6.20 Å². The zero-order valence-corrected chi connectivity index (χ0v) is 10.1. The highest BCUT2D eigenvalue weighted by Gasteiger charge is 2.16. The Hall–Kier alpha value is -2.11. The molecule has 3 N–H and O–H groups in total. The van der Waals surface area contributed by atoms with Gasteiger partial charge in [0, 0.05) is 5.56 Å². The third-order valence-electron chi connectivity index (χ3n) is 2.54. The lowest BCUT2D eigenvalue weighted by molar-refractivity contribution is 0.392. The SMILES string of the molecule is Cc1noc(C)c1C(C)Nc1cncc(N)n1. The molecule has 0 fully saturated rings. The van der Waals surface area contributed by atoms with E-state index in [9.17, 15) is 0 Å². The first-order valence-electron chi connectivity index (χ1n) is 5.34. The minimum absolute atomic E-state index is 0.0392. The summed E-state index contributed by atoms with van der Waals surface area (Å²) in [4.78, 5) is 8.11. The fraction of sp³-hybridized carbons (Fsp3) is 0.364. The van der Waals surface area contributed by atoms with Gasteiger partial charge in [-0.3, -0.25) is 4.98 Å². The van der Waals surface area contributed by atoms with Gasteiger partial charge in [-0.15, -0.1) is 0 Å².